The van der Waals surface area contributed by atoms with Gasteiger partial charge >= 0.3 is 0 Å². The van der Waals surface area contributed by atoms with E-state index in [9.17, 15) is 0 Å². The third kappa shape index (κ3) is 4.83. The number of fused-ring (bicyclic) bond motifs is 7. The molecule has 1 N–H and O–H groups in total. The first-order valence-corrected chi connectivity index (χ1v) is 19.5. The van der Waals surface area contributed by atoms with Crippen LogP contribution in [0.15, 0.2) is 103 Å². The molecule has 6 aromatic rings. The van der Waals surface area contributed by atoms with Crippen molar-refractivity contribution in [3.8, 4) is 34.1 Å². The minimum absolute atomic E-state index is 0.0764. The Bertz CT molecular complexity index is 2580. The van der Waals surface area contributed by atoms with E-state index in [2.05, 4.69) is 157 Å². The largest absolute Gasteiger partial charge is 0.457 e. The number of ether oxygens (including phenoxy) is 2. The van der Waals surface area contributed by atoms with Crippen LogP contribution in [-0.2, 0) is 16.2 Å². The van der Waals surface area contributed by atoms with Crippen molar-refractivity contribution in [2.24, 2.45) is 0 Å². The molecule has 4 nitrogen and oxygen atoms in total. The fourth-order valence-electron chi connectivity index (χ4n) is 9.70. The van der Waals surface area contributed by atoms with E-state index < -0.39 is 0 Å². The number of benzene rings is 6. The Morgan fingerprint density at radius 2 is 1.24 bits per heavy atom. The Balaban J connectivity index is 1.23. The molecule has 0 radical (unpaired) electrons. The highest BCUT2D eigenvalue weighted by Gasteiger charge is 2.41. The van der Waals surface area contributed by atoms with Crippen LogP contribution in [0, 0.1) is 13.8 Å². The zero-order valence-corrected chi connectivity index (χ0v) is 32.7. The van der Waals surface area contributed by atoms with Crippen LogP contribution in [0.1, 0.15) is 87.8 Å². The highest BCUT2D eigenvalue weighted by atomic mass is 16.5. The molecular weight excluding hydrogens is 659 g/mol. The number of nitrogens with one attached hydrogen (secondary N) is 1. The lowest BCUT2D eigenvalue weighted by Gasteiger charge is -2.44. The van der Waals surface area contributed by atoms with Gasteiger partial charge in [0, 0.05) is 39.2 Å². The molecule has 0 saturated carbocycles. The average Bonchev–Trinajstić information content (AvgIpc) is 3.14. The Kier molecular flexibility index (Phi) is 6.94. The predicted molar refractivity (Wildman–Crippen MR) is 226 cm³/mol. The van der Waals surface area contributed by atoms with Gasteiger partial charge in [0.05, 0.1) is 11.4 Å². The van der Waals surface area contributed by atoms with Gasteiger partial charge in [-0.3, -0.25) is 0 Å². The lowest BCUT2D eigenvalue weighted by atomic mass is 9.57. The molecule has 3 heterocycles. The van der Waals surface area contributed by atoms with Crippen LogP contribution in [0.25, 0.3) is 11.1 Å². The Hall–Kier alpha value is -5.42. The van der Waals surface area contributed by atoms with Crippen molar-refractivity contribution >= 4 is 46.6 Å². The molecule has 10 rings (SSSR count). The van der Waals surface area contributed by atoms with E-state index in [0.717, 1.165) is 47.2 Å². The summed E-state index contributed by atoms with van der Waals surface area (Å²) in [6, 6.07) is 37.7. The maximum atomic E-state index is 6.75. The molecule has 268 valence electrons. The Morgan fingerprint density at radius 1 is 0.574 bits per heavy atom. The fraction of sp³-hybridized carbons (Fsp3) is 0.265. The van der Waals surface area contributed by atoms with Crippen molar-refractivity contribution in [2.75, 3.05) is 10.2 Å². The van der Waals surface area contributed by atoms with Crippen molar-refractivity contribution < 1.29 is 9.47 Å². The van der Waals surface area contributed by atoms with Gasteiger partial charge in [0.1, 0.15) is 11.5 Å². The van der Waals surface area contributed by atoms with Crippen molar-refractivity contribution in [3.05, 3.63) is 137 Å². The number of hydrogen-bond donors (Lipinski definition) is 1. The standard InChI is InChI=1S/C49H47BN2O2/c1-28-22-31(30-14-13-19-43-46(30)51-37-16-10-12-18-42(37)54-43)45-40(23-28)52(38-25-34-33(24-29(38)2)47(3,4)20-21-48(34,5)6)39-26-35-44(27-36(39)50-45)53-41-17-11-9-15-32(41)49(35,7)8/h9-19,22-27,50-51H,20-21H2,1-8H3. The maximum absolute atomic E-state index is 6.75. The molecule has 3 aliphatic heterocycles. The zero-order chi connectivity index (χ0) is 37.3. The van der Waals surface area contributed by atoms with Crippen LogP contribution in [0.2, 0.25) is 0 Å². The molecule has 0 atom stereocenters. The van der Waals surface area contributed by atoms with Crippen LogP contribution in [0.5, 0.6) is 23.0 Å². The summed E-state index contributed by atoms with van der Waals surface area (Å²) in [5.41, 5.74) is 18.5. The van der Waals surface area contributed by atoms with Gasteiger partial charge in [-0.1, -0.05) is 102 Å². The van der Waals surface area contributed by atoms with Gasteiger partial charge in [0.15, 0.2) is 18.8 Å². The molecule has 0 spiro atoms. The number of para-hydroxylation sites is 4. The number of nitrogens with zero attached hydrogens (tertiary/aromatic N) is 1. The number of anilines is 5. The van der Waals surface area contributed by atoms with Gasteiger partial charge in [0.2, 0.25) is 0 Å². The summed E-state index contributed by atoms with van der Waals surface area (Å²) < 4.78 is 13.2. The molecule has 4 aliphatic rings. The van der Waals surface area contributed by atoms with E-state index in [-0.39, 0.29) is 16.2 Å². The van der Waals surface area contributed by atoms with Gasteiger partial charge in [-0.15, -0.1) is 0 Å². The molecule has 54 heavy (non-hydrogen) atoms. The average molecular weight is 707 g/mol. The Labute approximate surface area is 320 Å². The third-order valence-electron chi connectivity index (χ3n) is 12.9. The first kappa shape index (κ1) is 33.2. The second-order valence-electron chi connectivity index (χ2n) is 17.9. The highest BCUT2D eigenvalue weighted by Crippen LogP contribution is 2.53. The fourth-order valence-corrected chi connectivity index (χ4v) is 9.70. The quantitative estimate of drug-likeness (QED) is 0.182. The second-order valence-corrected chi connectivity index (χ2v) is 17.9. The summed E-state index contributed by atoms with van der Waals surface area (Å²) in [5, 5.41) is 3.76. The van der Waals surface area contributed by atoms with Gasteiger partial charge < -0.3 is 19.7 Å². The monoisotopic (exact) mass is 706 g/mol. The van der Waals surface area contributed by atoms with Crippen LogP contribution in [-0.4, -0.2) is 7.28 Å². The summed E-state index contributed by atoms with van der Waals surface area (Å²) in [4.78, 5) is 2.59. The lowest BCUT2D eigenvalue weighted by Crippen LogP contribution is -2.42. The molecule has 0 unspecified atom stereocenters. The minimum atomic E-state index is -0.231. The Morgan fingerprint density at radius 3 is 2.04 bits per heavy atom. The van der Waals surface area contributed by atoms with E-state index in [1.54, 1.807) is 0 Å². The first-order chi connectivity index (χ1) is 25.8. The van der Waals surface area contributed by atoms with E-state index in [1.807, 2.05) is 12.1 Å². The van der Waals surface area contributed by atoms with Gasteiger partial charge in [0.25, 0.3) is 0 Å². The van der Waals surface area contributed by atoms with Gasteiger partial charge in [-0.05, 0) is 119 Å². The van der Waals surface area contributed by atoms with Crippen molar-refractivity contribution in [2.45, 2.75) is 84.5 Å². The van der Waals surface area contributed by atoms with Crippen molar-refractivity contribution in [1.29, 1.82) is 0 Å². The number of hydrogen-bond acceptors (Lipinski definition) is 4. The smallest absolute Gasteiger partial charge is 0.198 e. The predicted octanol–water partition coefficient (Wildman–Crippen LogP) is 11.8. The first-order valence-electron chi connectivity index (χ1n) is 19.5. The molecule has 5 heteroatoms. The second kappa shape index (κ2) is 11.3. The summed E-state index contributed by atoms with van der Waals surface area (Å²) in [6.07, 6.45) is 2.36. The summed E-state index contributed by atoms with van der Waals surface area (Å²) in [6.45, 7) is 18.9. The number of aryl methyl sites for hydroxylation is 2. The summed E-state index contributed by atoms with van der Waals surface area (Å²) in [5.74, 6) is 3.57. The molecule has 0 bridgehead atoms. The van der Waals surface area contributed by atoms with Crippen LogP contribution < -0.4 is 30.6 Å². The molecule has 0 amide bonds. The van der Waals surface area contributed by atoms with Crippen molar-refractivity contribution in [1.82, 2.24) is 0 Å². The molecule has 0 aromatic heterocycles. The van der Waals surface area contributed by atoms with Gasteiger partial charge in [-0.25, -0.2) is 0 Å². The third-order valence-corrected chi connectivity index (χ3v) is 12.9. The normalized spacial score (nSPS) is 17.4. The van der Waals surface area contributed by atoms with Crippen LogP contribution >= 0.6 is 0 Å². The molecule has 6 aromatic carbocycles. The molecule has 0 saturated heterocycles. The number of rotatable bonds is 2. The SMILES string of the molecule is Cc1cc(-c2cccc3c2Nc2ccccc2O3)c2c(c1)N(c1cc3c(cc1C)C(C)(C)CCC3(C)C)c1cc3c(cc1B2)Oc1ccccc1C3(C)C. The lowest BCUT2D eigenvalue weighted by molar-refractivity contribution is 0.332. The minimum Gasteiger partial charge on any atom is -0.457 e. The van der Waals surface area contributed by atoms with Gasteiger partial charge in [-0.2, -0.15) is 0 Å². The zero-order valence-electron chi connectivity index (χ0n) is 32.7. The highest BCUT2D eigenvalue weighted by molar-refractivity contribution is 6.73. The van der Waals surface area contributed by atoms with E-state index in [0.29, 0.717) is 0 Å². The van der Waals surface area contributed by atoms with Crippen LogP contribution in [0.4, 0.5) is 28.4 Å². The van der Waals surface area contributed by atoms with Crippen LogP contribution in [0.3, 0.4) is 0 Å². The molecule has 0 fully saturated rings. The van der Waals surface area contributed by atoms with E-state index >= 15 is 0 Å². The van der Waals surface area contributed by atoms with Crippen molar-refractivity contribution in [3.63, 3.8) is 0 Å². The molecular formula is C49H47BN2O2. The van der Waals surface area contributed by atoms with E-state index in [4.69, 9.17) is 9.47 Å². The topological polar surface area (TPSA) is 33.7 Å². The molecule has 1 aliphatic carbocycles. The maximum Gasteiger partial charge on any atom is 0.198 e. The van der Waals surface area contributed by atoms with E-state index in [1.165, 1.54) is 79.8 Å². The summed E-state index contributed by atoms with van der Waals surface area (Å²) in [7, 11) is 0.777. The summed E-state index contributed by atoms with van der Waals surface area (Å²) >= 11 is 0.